The number of rotatable bonds is 5. The maximum absolute atomic E-state index is 10.8. The van der Waals surface area contributed by atoms with E-state index in [0.717, 1.165) is 0 Å². The first-order valence-corrected chi connectivity index (χ1v) is 4.16. The van der Waals surface area contributed by atoms with Crippen LogP contribution in [0.5, 0.6) is 11.5 Å². The highest BCUT2D eigenvalue weighted by atomic mass is 16.5. The fourth-order valence-corrected chi connectivity index (χ4v) is 0.942. The summed E-state index contributed by atoms with van der Waals surface area (Å²) in [5.41, 5.74) is 0. The molecule has 0 fully saturated rings. The second-order valence-electron chi connectivity index (χ2n) is 2.64. The molecule has 0 spiro atoms. The van der Waals surface area contributed by atoms with E-state index in [4.69, 9.17) is 14.6 Å². The summed E-state index contributed by atoms with van der Waals surface area (Å²) >= 11 is 0. The predicted octanol–water partition coefficient (Wildman–Crippen LogP) is 0.635. The normalized spacial score (nSPS) is 9.57. The van der Waals surface area contributed by atoms with Gasteiger partial charge in [0.1, 0.15) is 13.2 Å². The monoisotopic (exact) mass is 196 g/mol. The van der Waals surface area contributed by atoms with Crippen LogP contribution in [0.1, 0.15) is 0 Å². The van der Waals surface area contributed by atoms with Crippen LogP contribution in [0.15, 0.2) is 24.3 Å². The lowest BCUT2D eigenvalue weighted by Crippen LogP contribution is -2.14. The van der Waals surface area contributed by atoms with Crippen LogP contribution in [-0.2, 0) is 4.79 Å². The molecule has 0 aliphatic rings. The molecule has 4 heteroatoms. The predicted molar refractivity (Wildman–Crippen MR) is 50.6 cm³/mol. The van der Waals surface area contributed by atoms with Crippen molar-refractivity contribution in [2.45, 2.75) is 0 Å². The van der Waals surface area contributed by atoms with E-state index in [9.17, 15) is 4.79 Å². The Morgan fingerprint density at radius 1 is 1.36 bits per heavy atom. The fourth-order valence-electron chi connectivity index (χ4n) is 0.942. The molecular weight excluding hydrogens is 184 g/mol. The van der Waals surface area contributed by atoms with Gasteiger partial charge < -0.3 is 14.6 Å². The van der Waals surface area contributed by atoms with Gasteiger partial charge in [0.15, 0.2) is 17.3 Å². The van der Waals surface area contributed by atoms with Gasteiger partial charge in [-0.3, -0.25) is 4.79 Å². The van der Waals surface area contributed by atoms with Crippen molar-refractivity contribution in [3.05, 3.63) is 24.3 Å². The van der Waals surface area contributed by atoms with Crippen molar-refractivity contribution in [3.8, 4) is 11.5 Å². The van der Waals surface area contributed by atoms with E-state index in [1.807, 2.05) is 0 Å². The van der Waals surface area contributed by atoms with Crippen LogP contribution in [-0.4, -0.2) is 31.2 Å². The minimum Gasteiger partial charge on any atom is -0.493 e. The summed E-state index contributed by atoms with van der Waals surface area (Å²) in [5, 5.41) is 8.48. The molecule has 0 aliphatic carbocycles. The molecule has 1 N–H and O–H groups in total. The summed E-state index contributed by atoms with van der Waals surface area (Å²) in [7, 11) is 1.52. The molecule has 0 atom stereocenters. The highest BCUT2D eigenvalue weighted by Crippen LogP contribution is 2.25. The van der Waals surface area contributed by atoms with Crippen LogP contribution in [0.2, 0.25) is 0 Å². The highest BCUT2D eigenvalue weighted by molar-refractivity contribution is 5.80. The van der Waals surface area contributed by atoms with E-state index < -0.39 is 6.61 Å². The smallest absolute Gasteiger partial charge is 0.195 e. The zero-order valence-corrected chi connectivity index (χ0v) is 7.90. The Bertz CT molecular complexity index is 309. The quantitative estimate of drug-likeness (QED) is 0.750. The standard InChI is InChI=1S/C10H12O4/c1-13-9-4-2-3-5-10(9)14-7-8(12)6-11/h2-5,11H,6-7H2,1H3. The summed E-state index contributed by atoms with van der Waals surface area (Å²) in [6.45, 7) is -0.647. The van der Waals surface area contributed by atoms with Gasteiger partial charge in [-0.15, -0.1) is 0 Å². The molecule has 76 valence electrons. The Balaban J connectivity index is 2.61. The number of hydrogen-bond acceptors (Lipinski definition) is 4. The average Bonchev–Trinajstić information content (AvgIpc) is 2.26. The van der Waals surface area contributed by atoms with E-state index >= 15 is 0 Å². The van der Waals surface area contributed by atoms with Gasteiger partial charge in [-0.1, -0.05) is 12.1 Å². The first-order chi connectivity index (χ1) is 6.77. The topological polar surface area (TPSA) is 55.8 Å². The van der Waals surface area contributed by atoms with Gasteiger partial charge in [-0.25, -0.2) is 0 Å². The molecule has 0 heterocycles. The number of para-hydroxylation sites is 2. The molecule has 0 saturated carbocycles. The molecule has 0 saturated heterocycles. The van der Waals surface area contributed by atoms with E-state index in [1.165, 1.54) is 7.11 Å². The minimum atomic E-state index is -0.505. The molecular formula is C10H12O4. The first kappa shape index (κ1) is 10.5. The van der Waals surface area contributed by atoms with Crippen molar-refractivity contribution in [2.24, 2.45) is 0 Å². The van der Waals surface area contributed by atoms with E-state index in [0.29, 0.717) is 11.5 Å². The van der Waals surface area contributed by atoms with Crippen molar-refractivity contribution < 1.29 is 19.4 Å². The van der Waals surface area contributed by atoms with Crippen LogP contribution in [0.3, 0.4) is 0 Å². The maximum atomic E-state index is 10.8. The molecule has 0 aliphatic heterocycles. The summed E-state index contributed by atoms with van der Waals surface area (Å²) in [6, 6.07) is 7.02. The average molecular weight is 196 g/mol. The number of ether oxygens (including phenoxy) is 2. The number of carbonyl (C=O) groups excluding carboxylic acids is 1. The van der Waals surface area contributed by atoms with Crippen LogP contribution >= 0.6 is 0 Å². The molecule has 0 unspecified atom stereocenters. The Kier molecular flexibility index (Phi) is 3.94. The van der Waals surface area contributed by atoms with Gasteiger partial charge in [0.2, 0.25) is 0 Å². The van der Waals surface area contributed by atoms with E-state index in [2.05, 4.69) is 0 Å². The number of hydrogen-bond donors (Lipinski definition) is 1. The third-order valence-corrected chi connectivity index (χ3v) is 1.63. The van der Waals surface area contributed by atoms with E-state index in [-0.39, 0.29) is 12.4 Å². The van der Waals surface area contributed by atoms with Gasteiger partial charge in [0, 0.05) is 0 Å². The molecule has 1 rings (SSSR count). The number of benzene rings is 1. The van der Waals surface area contributed by atoms with Crippen LogP contribution in [0.4, 0.5) is 0 Å². The van der Waals surface area contributed by atoms with Crippen LogP contribution in [0, 0.1) is 0 Å². The lowest BCUT2D eigenvalue weighted by molar-refractivity contribution is -0.123. The Morgan fingerprint density at radius 3 is 2.57 bits per heavy atom. The van der Waals surface area contributed by atoms with Crippen molar-refractivity contribution >= 4 is 5.78 Å². The molecule has 1 aromatic rings. The van der Waals surface area contributed by atoms with Crippen LogP contribution in [0.25, 0.3) is 0 Å². The highest BCUT2D eigenvalue weighted by Gasteiger charge is 2.05. The molecule has 1 aromatic carbocycles. The lowest BCUT2D eigenvalue weighted by Gasteiger charge is -2.08. The van der Waals surface area contributed by atoms with Gasteiger partial charge in [-0.05, 0) is 12.1 Å². The van der Waals surface area contributed by atoms with Crippen molar-refractivity contribution in [2.75, 3.05) is 20.3 Å². The molecule has 14 heavy (non-hydrogen) atoms. The third kappa shape index (κ3) is 2.74. The second-order valence-corrected chi connectivity index (χ2v) is 2.64. The third-order valence-electron chi connectivity index (χ3n) is 1.63. The zero-order chi connectivity index (χ0) is 10.4. The molecule has 0 radical (unpaired) electrons. The minimum absolute atomic E-state index is 0.142. The van der Waals surface area contributed by atoms with Crippen molar-refractivity contribution in [1.82, 2.24) is 0 Å². The SMILES string of the molecule is COc1ccccc1OCC(=O)CO. The number of Topliss-reactive ketones (excluding diaryl/α,β-unsaturated/α-hetero) is 1. The molecule has 0 bridgehead atoms. The number of aliphatic hydroxyl groups is 1. The number of aliphatic hydroxyl groups excluding tert-OH is 1. The van der Waals surface area contributed by atoms with Crippen molar-refractivity contribution in [1.29, 1.82) is 0 Å². The Morgan fingerprint density at radius 2 is 2.00 bits per heavy atom. The number of ketones is 1. The summed E-state index contributed by atoms with van der Waals surface area (Å²) in [4.78, 5) is 10.8. The molecule has 0 aromatic heterocycles. The zero-order valence-electron chi connectivity index (χ0n) is 7.90. The van der Waals surface area contributed by atoms with Crippen LogP contribution < -0.4 is 9.47 Å². The first-order valence-electron chi connectivity index (χ1n) is 4.16. The van der Waals surface area contributed by atoms with E-state index in [1.54, 1.807) is 24.3 Å². The number of methoxy groups -OCH3 is 1. The largest absolute Gasteiger partial charge is 0.493 e. The Labute approximate surface area is 82.1 Å². The molecule has 0 amide bonds. The maximum Gasteiger partial charge on any atom is 0.195 e. The van der Waals surface area contributed by atoms with Gasteiger partial charge >= 0.3 is 0 Å². The number of carbonyl (C=O) groups is 1. The molecule has 4 nitrogen and oxygen atoms in total. The lowest BCUT2D eigenvalue weighted by atomic mass is 10.3. The summed E-state index contributed by atoms with van der Waals surface area (Å²) < 4.78 is 10.2. The van der Waals surface area contributed by atoms with Gasteiger partial charge in [-0.2, -0.15) is 0 Å². The summed E-state index contributed by atoms with van der Waals surface area (Å²) in [5.74, 6) is 0.700. The van der Waals surface area contributed by atoms with Crippen molar-refractivity contribution in [3.63, 3.8) is 0 Å². The van der Waals surface area contributed by atoms with Gasteiger partial charge in [0.05, 0.1) is 7.11 Å². The van der Waals surface area contributed by atoms with Gasteiger partial charge in [0.25, 0.3) is 0 Å². The fraction of sp³-hybridized carbons (Fsp3) is 0.300. The Hall–Kier alpha value is -1.55. The second kappa shape index (κ2) is 5.24. The summed E-state index contributed by atoms with van der Waals surface area (Å²) in [6.07, 6.45) is 0.